The standard InChI is InChI=1S/C15H28N2/c1-13(2)15(6-7-15)12-16-8-4-10-17-9-3-5-14(17)11-16/h13-14H,3-12H2,1-2H3. The van der Waals surface area contributed by atoms with Crippen molar-refractivity contribution in [2.24, 2.45) is 11.3 Å². The zero-order valence-electron chi connectivity index (χ0n) is 11.6. The first-order valence-corrected chi connectivity index (χ1v) is 7.66. The van der Waals surface area contributed by atoms with Crippen molar-refractivity contribution < 1.29 is 0 Å². The van der Waals surface area contributed by atoms with E-state index in [-0.39, 0.29) is 0 Å². The Hall–Kier alpha value is -0.0800. The summed E-state index contributed by atoms with van der Waals surface area (Å²) in [4.78, 5) is 5.54. The van der Waals surface area contributed by atoms with Crippen molar-refractivity contribution in [3.63, 3.8) is 0 Å². The molecule has 0 bridgehead atoms. The molecule has 2 heterocycles. The van der Waals surface area contributed by atoms with Crippen molar-refractivity contribution in [3.8, 4) is 0 Å². The highest BCUT2D eigenvalue weighted by Crippen LogP contribution is 2.52. The average Bonchev–Trinajstić information content (AvgIpc) is 3.00. The maximum absolute atomic E-state index is 2.79. The van der Waals surface area contributed by atoms with Gasteiger partial charge in [-0.05, 0) is 63.1 Å². The van der Waals surface area contributed by atoms with E-state index in [0.717, 1.165) is 12.0 Å². The molecule has 1 saturated carbocycles. The van der Waals surface area contributed by atoms with Crippen LogP contribution in [-0.4, -0.2) is 48.6 Å². The van der Waals surface area contributed by atoms with E-state index < -0.39 is 0 Å². The smallest absolute Gasteiger partial charge is 0.0223 e. The molecule has 1 unspecified atom stereocenters. The minimum Gasteiger partial charge on any atom is -0.301 e. The third kappa shape index (κ3) is 2.39. The van der Waals surface area contributed by atoms with Crippen LogP contribution in [0.15, 0.2) is 0 Å². The van der Waals surface area contributed by atoms with Crippen LogP contribution in [0.5, 0.6) is 0 Å². The van der Waals surface area contributed by atoms with Crippen molar-refractivity contribution in [3.05, 3.63) is 0 Å². The van der Waals surface area contributed by atoms with Gasteiger partial charge in [-0.1, -0.05) is 13.8 Å². The zero-order valence-corrected chi connectivity index (χ0v) is 11.6. The van der Waals surface area contributed by atoms with Crippen molar-refractivity contribution in [2.75, 3.05) is 32.7 Å². The van der Waals surface area contributed by atoms with Crippen LogP contribution in [0.3, 0.4) is 0 Å². The third-order valence-corrected chi connectivity index (χ3v) is 5.54. The Kier molecular flexibility index (Phi) is 3.20. The summed E-state index contributed by atoms with van der Waals surface area (Å²) in [7, 11) is 0. The lowest BCUT2D eigenvalue weighted by molar-refractivity contribution is 0.168. The number of hydrogen-bond acceptors (Lipinski definition) is 2. The molecule has 0 N–H and O–H groups in total. The summed E-state index contributed by atoms with van der Waals surface area (Å²) in [6.45, 7) is 11.7. The second-order valence-electron chi connectivity index (χ2n) is 6.94. The van der Waals surface area contributed by atoms with E-state index in [4.69, 9.17) is 0 Å². The Morgan fingerprint density at radius 3 is 2.59 bits per heavy atom. The van der Waals surface area contributed by atoms with Crippen LogP contribution >= 0.6 is 0 Å². The summed E-state index contributed by atoms with van der Waals surface area (Å²) in [6.07, 6.45) is 7.24. The van der Waals surface area contributed by atoms with E-state index >= 15 is 0 Å². The zero-order chi connectivity index (χ0) is 11.9. The summed E-state index contributed by atoms with van der Waals surface area (Å²) >= 11 is 0. The predicted molar refractivity (Wildman–Crippen MR) is 72.2 cm³/mol. The van der Waals surface area contributed by atoms with E-state index in [1.54, 1.807) is 0 Å². The van der Waals surface area contributed by atoms with Gasteiger partial charge in [-0.2, -0.15) is 0 Å². The van der Waals surface area contributed by atoms with Crippen LogP contribution in [0.2, 0.25) is 0 Å². The minimum absolute atomic E-state index is 0.702. The average molecular weight is 236 g/mol. The highest BCUT2D eigenvalue weighted by atomic mass is 15.3. The van der Waals surface area contributed by atoms with Gasteiger partial charge in [-0.3, -0.25) is 4.90 Å². The Morgan fingerprint density at radius 2 is 1.88 bits per heavy atom. The van der Waals surface area contributed by atoms with Crippen LogP contribution < -0.4 is 0 Å². The van der Waals surface area contributed by atoms with Gasteiger partial charge in [0.2, 0.25) is 0 Å². The Balaban J connectivity index is 1.60. The molecule has 17 heavy (non-hydrogen) atoms. The number of hydrogen-bond donors (Lipinski definition) is 0. The number of rotatable bonds is 3. The van der Waals surface area contributed by atoms with Gasteiger partial charge < -0.3 is 4.90 Å². The van der Waals surface area contributed by atoms with Crippen molar-refractivity contribution in [2.45, 2.75) is 52.0 Å². The minimum atomic E-state index is 0.702. The molecule has 3 rings (SSSR count). The molecule has 1 atom stereocenters. The van der Waals surface area contributed by atoms with Crippen molar-refractivity contribution in [1.82, 2.24) is 9.80 Å². The fraction of sp³-hybridized carbons (Fsp3) is 1.00. The molecular formula is C15H28N2. The summed E-state index contributed by atoms with van der Waals surface area (Å²) in [6, 6.07) is 0.889. The van der Waals surface area contributed by atoms with E-state index in [2.05, 4.69) is 23.6 Å². The van der Waals surface area contributed by atoms with Crippen LogP contribution in [0.25, 0.3) is 0 Å². The molecule has 3 fully saturated rings. The van der Waals surface area contributed by atoms with Gasteiger partial charge in [0.1, 0.15) is 0 Å². The molecule has 0 aromatic rings. The normalized spacial score (nSPS) is 33.7. The molecular weight excluding hydrogens is 208 g/mol. The lowest BCUT2D eigenvalue weighted by Crippen LogP contribution is -2.40. The highest BCUT2D eigenvalue weighted by molar-refractivity contribution is 4.99. The summed E-state index contributed by atoms with van der Waals surface area (Å²) < 4.78 is 0. The molecule has 0 radical (unpaired) electrons. The first-order valence-electron chi connectivity index (χ1n) is 7.66. The molecule has 2 heteroatoms. The van der Waals surface area contributed by atoms with Gasteiger partial charge in [0, 0.05) is 19.1 Å². The monoisotopic (exact) mass is 236 g/mol. The lowest BCUT2D eigenvalue weighted by atomic mass is 9.91. The first kappa shape index (κ1) is 12.0. The molecule has 1 aliphatic carbocycles. The van der Waals surface area contributed by atoms with E-state index in [1.165, 1.54) is 64.8 Å². The van der Waals surface area contributed by atoms with Gasteiger partial charge >= 0.3 is 0 Å². The van der Waals surface area contributed by atoms with Gasteiger partial charge in [0.05, 0.1) is 0 Å². The van der Waals surface area contributed by atoms with Gasteiger partial charge in [-0.15, -0.1) is 0 Å². The third-order valence-electron chi connectivity index (χ3n) is 5.54. The molecule has 2 aliphatic heterocycles. The fourth-order valence-electron chi connectivity index (χ4n) is 3.95. The summed E-state index contributed by atoms with van der Waals surface area (Å²) in [5, 5.41) is 0. The Bertz CT molecular complexity index is 270. The molecule has 2 nitrogen and oxygen atoms in total. The maximum atomic E-state index is 2.79. The summed E-state index contributed by atoms with van der Waals surface area (Å²) in [5.74, 6) is 0.880. The maximum Gasteiger partial charge on any atom is 0.0223 e. The highest BCUT2D eigenvalue weighted by Gasteiger charge is 2.46. The van der Waals surface area contributed by atoms with E-state index in [9.17, 15) is 0 Å². The second kappa shape index (κ2) is 4.55. The predicted octanol–water partition coefficient (Wildman–Crippen LogP) is 2.59. The molecule has 0 aromatic carbocycles. The summed E-state index contributed by atoms with van der Waals surface area (Å²) in [5.41, 5.74) is 0.702. The van der Waals surface area contributed by atoms with Crippen LogP contribution in [0.4, 0.5) is 0 Å². The molecule has 98 valence electrons. The van der Waals surface area contributed by atoms with Crippen LogP contribution in [0, 0.1) is 11.3 Å². The molecule has 2 saturated heterocycles. The van der Waals surface area contributed by atoms with Gasteiger partial charge in [-0.25, -0.2) is 0 Å². The van der Waals surface area contributed by atoms with Crippen molar-refractivity contribution >= 4 is 0 Å². The fourth-order valence-corrected chi connectivity index (χ4v) is 3.95. The molecule has 0 spiro atoms. The quantitative estimate of drug-likeness (QED) is 0.743. The van der Waals surface area contributed by atoms with Crippen LogP contribution in [-0.2, 0) is 0 Å². The largest absolute Gasteiger partial charge is 0.301 e. The molecule has 3 aliphatic rings. The van der Waals surface area contributed by atoms with E-state index in [1.807, 2.05) is 0 Å². The number of nitrogens with zero attached hydrogens (tertiary/aromatic N) is 2. The molecule has 0 aromatic heterocycles. The molecule has 0 amide bonds. The van der Waals surface area contributed by atoms with Crippen molar-refractivity contribution in [1.29, 1.82) is 0 Å². The first-order chi connectivity index (χ1) is 8.20. The van der Waals surface area contributed by atoms with Gasteiger partial charge in [0.25, 0.3) is 0 Å². The SMILES string of the molecule is CC(C)C1(CN2CCCN3CCCC3C2)CC1. The Morgan fingerprint density at radius 1 is 1.12 bits per heavy atom. The second-order valence-corrected chi connectivity index (χ2v) is 6.94. The number of fused-ring (bicyclic) bond motifs is 1. The Labute approximate surface area is 106 Å². The van der Waals surface area contributed by atoms with E-state index in [0.29, 0.717) is 5.41 Å². The van der Waals surface area contributed by atoms with Gasteiger partial charge in [0.15, 0.2) is 0 Å². The van der Waals surface area contributed by atoms with Crippen LogP contribution in [0.1, 0.15) is 46.0 Å². The lowest BCUT2D eigenvalue weighted by Gasteiger charge is -2.31. The topological polar surface area (TPSA) is 6.48 Å².